The Morgan fingerprint density at radius 3 is 2.48 bits per heavy atom. The van der Waals surface area contributed by atoms with E-state index in [1.165, 1.54) is 12.3 Å². The zero-order valence-corrected chi connectivity index (χ0v) is 13.2. The number of imidazole rings is 1. The average molecular weight is 345 g/mol. The van der Waals surface area contributed by atoms with Crippen LogP contribution in [0.4, 0.5) is 13.2 Å². The predicted octanol–water partition coefficient (Wildman–Crippen LogP) is 3.97. The number of halogens is 3. The van der Waals surface area contributed by atoms with Gasteiger partial charge in [-0.15, -0.1) is 0 Å². The first-order chi connectivity index (χ1) is 11.8. The van der Waals surface area contributed by atoms with Gasteiger partial charge in [-0.1, -0.05) is 18.2 Å². The molecule has 0 aliphatic heterocycles. The quantitative estimate of drug-likeness (QED) is 0.781. The Morgan fingerprint density at radius 1 is 1.16 bits per heavy atom. The minimum absolute atomic E-state index is 0.162. The van der Waals surface area contributed by atoms with E-state index in [9.17, 15) is 18.0 Å². The Balaban J connectivity index is 2.28. The van der Waals surface area contributed by atoms with Crippen LogP contribution in [-0.2, 0) is 6.18 Å². The van der Waals surface area contributed by atoms with Gasteiger partial charge in [0, 0.05) is 23.6 Å². The summed E-state index contributed by atoms with van der Waals surface area (Å²) in [6.45, 7) is 1.69. The molecule has 0 radical (unpaired) electrons. The molecule has 25 heavy (non-hydrogen) atoms. The van der Waals surface area contributed by atoms with Gasteiger partial charge in [0.15, 0.2) is 0 Å². The number of nitrogens with zero attached hydrogens (tertiary/aromatic N) is 2. The van der Waals surface area contributed by atoms with Crippen LogP contribution < -0.4 is 5.73 Å². The number of amides is 1. The molecule has 0 aliphatic carbocycles. The fourth-order valence-corrected chi connectivity index (χ4v) is 2.67. The summed E-state index contributed by atoms with van der Waals surface area (Å²) in [5, 5.41) is 0. The molecule has 1 amide bonds. The highest BCUT2D eigenvalue weighted by Gasteiger charge is 2.31. The predicted molar refractivity (Wildman–Crippen MR) is 87.3 cm³/mol. The van der Waals surface area contributed by atoms with Crippen molar-refractivity contribution in [3.63, 3.8) is 0 Å². The van der Waals surface area contributed by atoms with E-state index < -0.39 is 17.6 Å². The number of hydrogen-bond donors (Lipinski definition) is 1. The largest absolute Gasteiger partial charge is 0.416 e. The lowest BCUT2D eigenvalue weighted by molar-refractivity contribution is -0.137. The summed E-state index contributed by atoms with van der Waals surface area (Å²) in [7, 11) is 0. The van der Waals surface area contributed by atoms with Crippen molar-refractivity contribution in [2.75, 3.05) is 0 Å². The standard InChI is InChI=1S/C18H14F3N3O/c1-11-23-6-7-24(11)14-9-12(8-13(10-14)18(19,20)21)15-4-2-3-5-16(15)17(22)25/h2-10H,1H3,(H2,22,25). The van der Waals surface area contributed by atoms with Gasteiger partial charge < -0.3 is 10.3 Å². The van der Waals surface area contributed by atoms with E-state index in [0.717, 1.165) is 12.1 Å². The molecule has 0 spiro atoms. The Hall–Kier alpha value is -3.09. The van der Waals surface area contributed by atoms with E-state index in [2.05, 4.69) is 4.98 Å². The molecule has 0 saturated carbocycles. The highest BCUT2D eigenvalue weighted by molar-refractivity contribution is 6.00. The van der Waals surface area contributed by atoms with E-state index in [-0.39, 0.29) is 11.1 Å². The molecule has 0 fully saturated rings. The van der Waals surface area contributed by atoms with Crippen molar-refractivity contribution >= 4 is 5.91 Å². The number of hydrogen-bond acceptors (Lipinski definition) is 2. The molecule has 2 aromatic carbocycles. The lowest BCUT2D eigenvalue weighted by atomic mass is 9.96. The highest BCUT2D eigenvalue weighted by atomic mass is 19.4. The Bertz CT molecular complexity index is 945. The number of carbonyl (C=O) groups excluding carboxylic acids is 1. The van der Waals surface area contributed by atoms with Gasteiger partial charge in [-0.3, -0.25) is 4.79 Å². The second-order valence-corrected chi connectivity index (χ2v) is 5.52. The molecule has 4 nitrogen and oxygen atoms in total. The summed E-state index contributed by atoms with van der Waals surface area (Å²) in [4.78, 5) is 15.7. The van der Waals surface area contributed by atoms with Crippen LogP contribution in [0, 0.1) is 6.92 Å². The number of primary amides is 1. The summed E-state index contributed by atoms with van der Waals surface area (Å²) in [5.41, 5.74) is 5.61. The van der Waals surface area contributed by atoms with Gasteiger partial charge in [0.2, 0.25) is 5.91 Å². The number of nitrogens with two attached hydrogens (primary N) is 1. The lowest BCUT2D eigenvalue weighted by Gasteiger charge is -2.15. The molecule has 0 unspecified atom stereocenters. The summed E-state index contributed by atoms with van der Waals surface area (Å²) in [6.07, 6.45) is -1.44. The number of benzene rings is 2. The minimum atomic E-state index is -4.53. The molecule has 128 valence electrons. The molecule has 2 N–H and O–H groups in total. The number of aromatic nitrogens is 2. The van der Waals surface area contributed by atoms with Crippen LogP contribution in [0.5, 0.6) is 0 Å². The molecule has 0 bridgehead atoms. The molecular weight excluding hydrogens is 331 g/mol. The monoisotopic (exact) mass is 345 g/mol. The van der Waals surface area contributed by atoms with E-state index in [1.54, 1.807) is 42.0 Å². The molecule has 1 heterocycles. The van der Waals surface area contributed by atoms with Crippen LogP contribution in [-0.4, -0.2) is 15.5 Å². The first-order valence-corrected chi connectivity index (χ1v) is 7.39. The Morgan fingerprint density at radius 2 is 1.88 bits per heavy atom. The van der Waals surface area contributed by atoms with Crippen molar-refractivity contribution < 1.29 is 18.0 Å². The van der Waals surface area contributed by atoms with E-state index >= 15 is 0 Å². The number of alkyl halides is 3. The van der Waals surface area contributed by atoms with E-state index in [0.29, 0.717) is 17.1 Å². The van der Waals surface area contributed by atoms with Crippen molar-refractivity contribution in [1.82, 2.24) is 9.55 Å². The average Bonchev–Trinajstić information content (AvgIpc) is 2.99. The molecule has 7 heteroatoms. The van der Waals surface area contributed by atoms with Crippen LogP contribution in [0.25, 0.3) is 16.8 Å². The van der Waals surface area contributed by atoms with Crippen LogP contribution >= 0.6 is 0 Å². The van der Waals surface area contributed by atoms with Crippen LogP contribution in [0.1, 0.15) is 21.7 Å². The molecule has 0 aliphatic rings. The van der Waals surface area contributed by atoms with Gasteiger partial charge in [0.1, 0.15) is 5.82 Å². The maximum Gasteiger partial charge on any atom is 0.416 e. The van der Waals surface area contributed by atoms with Crippen LogP contribution in [0.3, 0.4) is 0 Å². The molecule has 3 aromatic rings. The Labute approximate surface area is 141 Å². The third-order valence-corrected chi connectivity index (χ3v) is 3.85. The van der Waals surface area contributed by atoms with Crippen LogP contribution in [0.2, 0.25) is 0 Å². The third-order valence-electron chi connectivity index (χ3n) is 3.85. The molecular formula is C18H14F3N3O. The zero-order chi connectivity index (χ0) is 18.2. The zero-order valence-electron chi connectivity index (χ0n) is 13.2. The van der Waals surface area contributed by atoms with Crippen molar-refractivity contribution in [3.8, 4) is 16.8 Å². The van der Waals surface area contributed by atoms with E-state index in [1.807, 2.05) is 0 Å². The summed E-state index contributed by atoms with van der Waals surface area (Å²) in [5.74, 6) is -0.151. The lowest BCUT2D eigenvalue weighted by Crippen LogP contribution is -2.13. The number of aryl methyl sites for hydroxylation is 1. The topological polar surface area (TPSA) is 60.9 Å². The van der Waals surface area contributed by atoms with Crippen LogP contribution in [0.15, 0.2) is 54.9 Å². The minimum Gasteiger partial charge on any atom is -0.366 e. The van der Waals surface area contributed by atoms with Gasteiger partial charge in [0.25, 0.3) is 0 Å². The fraction of sp³-hybridized carbons (Fsp3) is 0.111. The molecule has 3 rings (SSSR count). The maximum absolute atomic E-state index is 13.3. The normalized spacial score (nSPS) is 11.5. The highest BCUT2D eigenvalue weighted by Crippen LogP contribution is 2.35. The number of rotatable bonds is 3. The van der Waals surface area contributed by atoms with Crippen molar-refractivity contribution in [2.24, 2.45) is 5.73 Å². The summed E-state index contributed by atoms with van der Waals surface area (Å²) >= 11 is 0. The summed E-state index contributed by atoms with van der Waals surface area (Å²) < 4.78 is 41.6. The molecule has 0 saturated heterocycles. The van der Waals surface area contributed by atoms with E-state index in [4.69, 9.17) is 5.73 Å². The van der Waals surface area contributed by atoms with Gasteiger partial charge in [0.05, 0.1) is 5.56 Å². The van der Waals surface area contributed by atoms with Gasteiger partial charge in [-0.2, -0.15) is 13.2 Å². The molecule has 0 atom stereocenters. The SMILES string of the molecule is Cc1nccn1-c1cc(-c2ccccc2C(N)=O)cc(C(F)(F)F)c1. The first-order valence-electron chi connectivity index (χ1n) is 7.39. The molecule has 1 aromatic heterocycles. The maximum atomic E-state index is 13.3. The van der Waals surface area contributed by atoms with Gasteiger partial charge in [-0.25, -0.2) is 4.98 Å². The number of carbonyl (C=O) groups is 1. The second kappa shape index (κ2) is 6.08. The summed E-state index contributed by atoms with van der Waals surface area (Å²) in [6, 6.07) is 9.94. The third kappa shape index (κ3) is 3.26. The first kappa shape index (κ1) is 16.8. The van der Waals surface area contributed by atoms with Gasteiger partial charge in [-0.05, 0) is 42.3 Å². The van der Waals surface area contributed by atoms with Crippen molar-refractivity contribution in [2.45, 2.75) is 13.1 Å². The van der Waals surface area contributed by atoms with Crippen molar-refractivity contribution in [1.29, 1.82) is 0 Å². The second-order valence-electron chi connectivity index (χ2n) is 5.52. The Kier molecular flexibility index (Phi) is 4.08. The smallest absolute Gasteiger partial charge is 0.366 e. The van der Waals surface area contributed by atoms with Gasteiger partial charge >= 0.3 is 6.18 Å². The van der Waals surface area contributed by atoms with Crippen molar-refractivity contribution in [3.05, 3.63) is 71.8 Å². The fourth-order valence-electron chi connectivity index (χ4n) is 2.67.